The van der Waals surface area contributed by atoms with Gasteiger partial charge < -0.3 is 14.7 Å². The predicted octanol–water partition coefficient (Wildman–Crippen LogP) is 1.03. The summed E-state index contributed by atoms with van der Waals surface area (Å²) in [7, 11) is 0. The van der Waals surface area contributed by atoms with Gasteiger partial charge in [-0.05, 0) is 26.7 Å². The first kappa shape index (κ1) is 14.4. The minimum atomic E-state index is 0.00639. The van der Waals surface area contributed by atoms with Crippen LogP contribution >= 0.6 is 0 Å². The Kier molecular flexibility index (Phi) is 8.33. The zero-order chi connectivity index (χ0) is 11.7. The SMILES string of the molecule is CCCOCC(=O)N(CCCO)C(C)C. The van der Waals surface area contributed by atoms with E-state index in [1.165, 1.54) is 0 Å². The molecule has 0 bridgehead atoms. The Morgan fingerprint density at radius 3 is 2.60 bits per heavy atom. The van der Waals surface area contributed by atoms with Crippen LogP contribution in [0.4, 0.5) is 0 Å². The van der Waals surface area contributed by atoms with Crippen molar-refractivity contribution >= 4 is 5.91 Å². The normalized spacial score (nSPS) is 10.7. The Labute approximate surface area is 92.2 Å². The number of rotatable bonds is 8. The number of carbonyl (C=O) groups excluding carboxylic acids is 1. The van der Waals surface area contributed by atoms with Gasteiger partial charge in [-0.15, -0.1) is 0 Å². The second-order valence-electron chi connectivity index (χ2n) is 3.81. The van der Waals surface area contributed by atoms with Crippen molar-refractivity contribution in [3.05, 3.63) is 0 Å². The average molecular weight is 217 g/mol. The molecule has 0 heterocycles. The predicted molar refractivity (Wildman–Crippen MR) is 59.7 cm³/mol. The monoisotopic (exact) mass is 217 g/mol. The van der Waals surface area contributed by atoms with Gasteiger partial charge >= 0.3 is 0 Å². The topological polar surface area (TPSA) is 49.8 Å². The number of ether oxygens (including phenoxy) is 1. The first-order chi connectivity index (χ1) is 7.13. The lowest BCUT2D eigenvalue weighted by atomic mass is 10.3. The molecular formula is C11H23NO3. The van der Waals surface area contributed by atoms with E-state index in [1.54, 1.807) is 4.90 Å². The molecule has 0 fully saturated rings. The summed E-state index contributed by atoms with van der Waals surface area (Å²) in [4.78, 5) is 13.4. The Morgan fingerprint density at radius 1 is 1.47 bits per heavy atom. The summed E-state index contributed by atoms with van der Waals surface area (Å²) in [5.41, 5.74) is 0. The molecule has 0 saturated carbocycles. The number of nitrogens with zero attached hydrogens (tertiary/aromatic N) is 1. The van der Waals surface area contributed by atoms with Crippen LogP contribution in [0, 0.1) is 0 Å². The van der Waals surface area contributed by atoms with Crippen molar-refractivity contribution in [3.8, 4) is 0 Å². The van der Waals surface area contributed by atoms with E-state index in [-0.39, 0.29) is 25.2 Å². The van der Waals surface area contributed by atoms with Crippen molar-refractivity contribution in [2.24, 2.45) is 0 Å². The lowest BCUT2D eigenvalue weighted by molar-refractivity contribution is -0.138. The molecule has 0 aliphatic rings. The molecular weight excluding hydrogens is 194 g/mol. The van der Waals surface area contributed by atoms with Crippen LogP contribution in [0.2, 0.25) is 0 Å². The molecule has 4 nitrogen and oxygen atoms in total. The van der Waals surface area contributed by atoms with E-state index in [2.05, 4.69) is 0 Å². The maximum absolute atomic E-state index is 11.7. The van der Waals surface area contributed by atoms with Gasteiger partial charge in [0.05, 0.1) is 0 Å². The Bertz CT molecular complexity index is 171. The largest absolute Gasteiger partial charge is 0.396 e. The van der Waals surface area contributed by atoms with Crippen LogP contribution in [0.15, 0.2) is 0 Å². The summed E-state index contributed by atoms with van der Waals surface area (Å²) in [6.45, 7) is 7.44. The molecule has 90 valence electrons. The third-order valence-electron chi connectivity index (χ3n) is 2.07. The lowest BCUT2D eigenvalue weighted by Crippen LogP contribution is -2.40. The number of carbonyl (C=O) groups is 1. The van der Waals surface area contributed by atoms with Crippen LogP contribution in [-0.4, -0.2) is 48.3 Å². The first-order valence-electron chi connectivity index (χ1n) is 5.61. The highest BCUT2D eigenvalue weighted by molar-refractivity contribution is 5.77. The van der Waals surface area contributed by atoms with Crippen LogP contribution in [-0.2, 0) is 9.53 Å². The van der Waals surface area contributed by atoms with Crippen LogP contribution in [0.25, 0.3) is 0 Å². The zero-order valence-corrected chi connectivity index (χ0v) is 10.0. The van der Waals surface area contributed by atoms with E-state index in [1.807, 2.05) is 20.8 Å². The minimum Gasteiger partial charge on any atom is -0.396 e. The zero-order valence-electron chi connectivity index (χ0n) is 10.0. The van der Waals surface area contributed by atoms with E-state index in [0.717, 1.165) is 6.42 Å². The summed E-state index contributed by atoms with van der Waals surface area (Å²) >= 11 is 0. The lowest BCUT2D eigenvalue weighted by Gasteiger charge is -2.26. The standard InChI is InChI=1S/C11H23NO3/c1-4-8-15-9-11(14)12(10(2)3)6-5-7-13/h10,13H,4-9H2,1-3H3. The van der Waals surface area contributed by atoms with Crippen LogP contribution in [0.1, 0.15) is 33.6 Å². The second kappa shape index (κ2) is 8.68. The molecule has 0 aromatic heterocycles. The van der Waals surface area contributed by atoms with Crippen molar-refractivity contribution in [3.63, 3.8) is 0 Å². The summed E-state index contributed by atoms with van der Waals surface area (Å²) in [5.74, 6) is 0.00639. The molecule has 15 heavy (non-hydrogen) atoms. The van der Waals surface area contributed by atoms with Crippen molar-refractivity contribution in [1.82, 2.24) is 4.90 Å². The van der Waals surface area contributed by atoms with E-state index in [9.17, 15) is 4.79 Å². The Hall–Kier alpha value is -0.610. The molecule has 0 aromatic rings. The smallest absolute Gasteiger partial charge is 0.248 e. The fourth-order valence-corrected chi connectivity index (χ4v) is 1.30. The van der Waals surface area contributed by atoms with E-state index in [0.29, 0.717) is 19.6 Å². The van der Waals surface area contributed by atoms with Gasteiger partial charge in [-0.25, -0.2) is 0 Å². The molecule has 0 atom stereocenters. The van der Waals surface area contributed by atoms with Crippen molar-refractivity contribution < 1.29 is 14.6 Å². The maximum atomic E-state index is 11.7. The highest BCUT2D eigenvalue weighted by atomic mass is 16.5. The molecule has 0 rings (SSSR count). The van der Waals surface area contributed by atoms with Gasteiger partial charge in [-0.3, -0.25) is 4.79 Å². The molecule has 0 aliphatic carbocycles. The van der Waals surface area contributed by atoms with Crippen LogP contribution < -0.4 is 0 Å². The first-order valence-corrected chi connectivity index (χ1v) is 5.61. The Balaban J connectivity index is 3.93. The van der Waals surface area contributed by atoms with Crippen molar-refractivity contribution in [2.45, 2.75) is 39.7 Å². The van der Waals surface area contributed by atoms with Gasteiger partial charge in [0, 0.05) is 25.8 Å². The molecule has 0 spiro atoms. The number of hydrogen-bond donors (Lipinski definition) is 1. The van der Waals surface area contributed by atoms with Crippen molar-refractivity contribution in [1.29, 1.82) is 0 Å². The second-order valence-corrected chi connectivity index (χ2v) is 3.81. The van der Waals surface area contributed by atoms with Gasteiger partial charge in [0.2, 0.25) is 5.91 Å². The molecule has 1 N–H and O–H groups in total. The third-order valence-corrected chi connectivity index (χ3v) is 2.07. The molecule has 0 saturated heterocycles. The molecule has 4 heteroatoms. The van der Waals surface area contributed by atoms with Crippen molar-refractivity contribution in [2.75, 3.05) is 26.4 Å². The third kappa shape index (κ3) is 6.47. The fraction of sp³-hybridized carbons (Fsp3) is 0.909. The van der Waals surface area contributed by atoms with Gasteiger partial charge in [0.25, 0.3) is 0 Å². The summed E-state index contributed by atoms with van der Waals surface area (Å²) in [6.07, 6.45) is 1.54. The number of aliphatic hydroxyl groups is 1. The molecule has 0 aromatic carbocycles. The van der Waals surface area contributed by atoms with Crippen LogP contribution in [0.3, 0.4) is 0 Å². The highest BCUT2D eigenvalue weighted by Crippen LogP contribution is 2.01. The molecule has 0 radical (unpaired) electrons. The highest BCUT2D eigenvalue weighted by Gasteiger charge is 2.15. The molecule has 0 aliphatic heterocycles. The molecule has 1 amide bonds. The number of aliphatic hydroxyl groups excluding tert-OH is 1. The van der Waals surface area contributed by atoms with Gasteiger partial charge in [0.1, 0.15) is 6.61 Å². The summed E-state index contributed by atoms with van der Waals surface area (Å²) in [6, 6.07) is 0.161. The van der Waals surface area contributed by atoms with Gasteiger partial charge in [0.15, 0.2) is 0 Å². The maximum Gasteiger partial charge on any atom is 0.248 e. The quantitative estimate of drug-likeness (QED) is 0.618. The van der Waals surface area contributed by atoms with E-state index < -0.39 is 0 Å². The van der Waals surface area contributed by atoms with Gasteiger partial charge in [-0.2, -0.15) is 0 Å². The van der Waals surface area contributed by atoms with Gasteiger partial charge in [-0.1, -0.05) is 6.92 Å². The average Bonchev–Trinajstić information content (AvgIpc) is 2.18. The summed E-state index contributed by atoms with van der Waals surface area (Å²) < 4.78 is 5.20. The summed E-state index contributed by atoms with van der Waals surface area (Å²) in [5, 5.41) is 8.72. The van der Waals surface area contributed by atoms with Crippen LogP contribution in [0.5, 0.6) is 0 Å². The minimum absolute atomic E-state index is 0.00639. The molecule has 0 unspecified atom stereocenters. The number of hydrogen-bond acceptors (Lipinski definition) is 3. The number of amides is 1. The van der Waals surface area contributed by atoms with E-state index >= 15 is 0 Å². The fourth-order valence-electron chi connectivity index (χ4n) is 1.30. The van der Waals surface area contributed by atoms with E-state index in [4.69, 9.17) is 9.84 Å². The Morgan fingerprint density at radius 2 is 2.13 bits per heavy atom.